The van der Waals surface area contributed by atoms with Crippen molar-refractivity contribution in [1.29, 1.82) is 0 Å². The van der Waals surface area contributed by atoms with Crippen LogP contribution in [0.3, 0.4) is 0 Å². The van der Waals surface area contributed by atoms with Crippen LogP contribution in [0.4, 0.5) is 5.69 Å². The summed E-state index contributed by atoms with van der Waals surface area (Å²) >= 11 is 0. The first kappa shape index (κ1) is 16.5. The highest BCUT2D eigenvalue weighted by molar-refractivity contribution is 5.98. The Labute approximate surface area is 131 Å². The highest BCUT2D eigenvalue weighted by Gasteiger charge is 2.30. The van der Waals surface area contributed by atoms with Gasteiger partial charge in [-0.15, -0.1) is 0 Å². The van der Waals surface area contributed by atoms with Crippen molar-refractivity contribution in [2.45, 2.75) is 45.1 Å². The second kappa shape index (κ2) is 6.92. The molecule has 1 aromatic carbocycles. The quantitative estimate of drug-likeness (QED) is 0.722. The summed E-state index contributed by atoms with van der Waals surface area (Å²) < 4.78 is 0. The van der Waals surface area contributed by atoms with E-state index in [0.29, 0.717) is 17.8 Å². The summed E-state index contributed by atoms with van der Waals surface area (Å²) in [6, 6.07) is 7.03. The van der Waals surface area contributed by atoms with Crippen LogP contribution >= 0.6 is 0 Å². The zero-order valence-electron chi connectivity index (χ0n) is 13.3. The molecule has 120 valence electrons. The van der Waals surface area contributed by atoms with E-state index in [0.717, 1.165) is 25.7 Å². The summed E-state index contributed by atoms with van der Waals surface area (Å²) in [6.07, 6.45) is 3.48. The zero-order chi connectivity index (χ0) is 16.2. The average Bonchev–Trinajstić information content (AvgIpc) is 3.38. The second-order valence-corrected chi connectivity index (χ2v) is 5.99. The summed E-state index contributed by atoms with van der Waals surface area (Å²) in [6.45, 7) is 4.44. The van der Waals surface area contributed by atoms with Crippen LogP contribution < -0.4 is 16.4 Å². The van der Waals surface area contributed by atoms with Gasteiger partial charge in [0.05, 0.1) is 5.54 Å². The topological polar surface area (TPSA) is 84.2 Å². The van der Waals surface area contributed by atoms with Crippen molar-refractivity contribution < 1.29 is 9.59 Å². The molecule has 0 radical (unpaired) electrons. The Morgan fingerprint density at radius 1 is 1.27 bits per heavy atom. The van der Waals surface area contributed by atoms with E-state index in [2.05, 4.69) is 10.6 Å². The van der Waals surface area contributed by atoms with E-state index >= 15 is 0 Å². The molecule has 0 unspecified atom stereocenters. The molecule has 0 heterocycles. The van der Waals surface area contributed by atoms with Crippen molar-refractivity contribution in [3.8, 4) is 0 Å². The maximum absolute atomic E-state index is 12.4. The van der Waals surface area contributed by atoms with E-state index in [9.17, 15) is 9.59 Å². The molecule has 22 heavy (non-hydrogen) atoms. The smallest absolute Gasteiger partial charge is 0.251 e. The summed E-state index contributed by atoms with van der Waals surface area (Å²) in [5.41, 5.74) is 6.65. The Bertz CT molecular complexity index is 540. The Hall–Kier alpha value is -1.88. The van der Waals surface area contributed by atoms with Crippen molar-refractivity contribution in [3.63, 3.8) is 0 Å². The van der Waals surface area contributed by atoms with Gasteiger partial charge in [-0.1, -0.05) is 19.9 Å². The van der Waals surface area contributed by atoms with Crippen molar-refractivity contribution in [2.75, 3.05) is 11.9 Å². The maximum atomic E-state index is 12.4. The fraction of sp³-hybridized carbons (Fsp3) is 0.529. The molecule has 1 aliphatic rings. The first-order valence-electron chi connectivity index (χ1n) is 7.97. The van der Waals surface area contributed by atoms with Crippen LogP contribution in [0.15, 0.2) is 24.3 Å². The van der Waals surface area contributed by atoms with Crippen LogP contribution in [0.2, 0.25) is 0 Å². The molecule has 0 saturated heterocycles. The lowest BCUT2D eigenvalue weighted by atomic mass is 9.92. The van der Waals surface area contributed by atoms with Gasteiger partial charge in [0.15, 0.2) is 0 Å². The predicted octanol–water partition coefficient (Wildman–Crippen LogP) is 2.28. The van der Waals surface area contributed by atoms with Gasteiger partial charge in [-0.3, -0.25) is 9.59 Å². The molecule has 2 amide bonds. The van der Waals surface area contributed by atoms with E-state index in [1.807, 2.05) is 13.8 Å². The van der Waals surface area contributed by atoms with E-state index in [4.69, 9.17) is 5.73 Å². The number of nitrogens with one attached hydrogen (secondary N) is 2. The Morgan fingerprint density at radius 3 is 2.50 bits per heavy atom. The molecule has 0 aromatic heterocycles. The van der Waals surface area contributed by atoms with Crippen molar-refractivity contribution in [1.82, 2.24) is 5.32 Å². The lowest BCUT2D eigenvalue weighted by Crippen LogP contribution is -2.52. The molecule has 1 fully saturated rings. The molecule has 1 saturated carbocycles. The van der Waals surface area contributed by atoms with Gasteiger partial charge in [0.2, 0.25) is 5.91 Å². The lowest BCUT2D eigenvalue weighted by molar-refractivity contribution is -0.117. The Morgan fingerprint density at radius 2 is 1.95 bits per heavy atom. The van der Waals surface area contributed by atoms with Crippen LogP contribution in [0.25, 0.3) is 0 Å². The van der Waals surface area contributed by atoms with E-state index in [1.54, 1.807) is 24.3 Å². The SMILES string of the molecule is CCC(CC)(CN)NC(=O)c1cccc(NC(=O)C2CC2)c1. The van der Waals surface area contributed by atoms with Crippen molar-refractivity contribution in [2.24, 2.45) is 11.7 Å². The number of nitrogens with two attached hydrogens (primary N) is 1. The third kappa shape index (κ3) is 3.85. The summed E-state index contributed by atoms with van der Waals surface area (Å²) in [4.78, 5) is 24.2. The number of hydrogen-bond donors (Lipinski definition) is 3. The minimum absolute atomic E-state index is 0.0379. The molecule has 1 aromatic rings. The highest BCUT2D eigenvalue weighted by Crippen LogP contribution is 2.30. The van der Waals surface area contributed by atoms with Crippen LogP contribution in [0, 0.1) is 5.92 Å². The normalized spacial score (nSPS) is 14.5. The van der Waals surface area contributed by atoms with Gasteiger partial charge >= 0.3 is 0 Å². The molecule has 5 nitrogen and oxygen atoms in total. The molecule has 4 N–H and O–H groups in total. The standard InChI is InChI=1S/C17H25N3O2/c1-3-17(4-2,11-18)20-16(22)13-6-5-7-14(10-13)19-15(21)12-8-9-12/h5-7,10,12H,3-4,8-9,11,18H2,1-2H3,(H,19,21)(H,20,22). The molecule has 1 aliphatic carbocycles. The van der Waals surface area contributed by atoms with Gasteiger partial charge in [0.25, 0.3) is 5.91 Å². The Kier molecular flexibility index (Phi) is 5.19. The molecule has 0 spiro atoms. The zero-order valence-corrected chi connectivity index (χ0v) is 13.3. The fourth-order valence-electron chi connectivity index (χ4n) is 2.41. The largest absolute Gasteiger partial charge is 0.345 e. The first-order chi connectivity index (χ1) is 10.5. The van der Waals surface area contributed by atoms with E-state index in [-0.39, 0.29) is 23.3 Å². The molecular formula is C17H25N3O2. The summed E-state index contributed by atoms with van der Waals surface area (Å²) in [7, 11) is 0. The third-order valence-corrected chi connectivity index (χ3v) is 4.46. The van der Waals surface area contributed by atoms with E-state index < -0.39 is 0 Å². The lowest BCUT2D eigenvalue weighted by Gasteiger charge is -2.31. The number of anilines is 1. The van der Waals surface area contributed by atoms with Crippen LogP contribution in [0.5, 0.6) is 0 Å². The second-order valence-electron chi connectivity index (χ2n) is 5.99. The minimum atomic E-state index is -0.371. The minimum Gasteiger partial charge on any atom is -0.345 e. The molecule has 2 rings (SSSR count). The summed E-state index contributed by atoms with van der Waals surface area (Å²) in [5, 5.41) is 5.90. The summed E-state index contributed by atoms with van der Waals surface area (Å²) in [5.74, 6) is 0.0233. The van der Waals surface area contributed by atoms with Gasteiger partial charge in [-0.2, -0.15) is 0 Å². The van der Waals surface area contributed by atoms with Gasteiger partial charge < -0.3 is 16.4 Å². The van der Waals surface area contributed by atoms with Crippen molar-refractivity contribution in [3.05, 3.63) is 29.8 Å². The molecule has 5 heteroatoms. The molecular weight excluding hydrogens is 278 g/mol. The highest BCUT2D eigenvalue weighted by atomic mass is 16.2. The average molecular weight is 303 g/mol. The number of hydrogen-bond acceptors (Lipinski definition) is 3. The van der Waals surface area contributed by atoms with Crippen molar-refractivity contribution >= 4 is 17.5 Å². The van der Waals surface area contributed by atoms with Gasteiger partial charge in [0.1, 0.15) is 0 Å². The maximum Gasteiger partial charge on any atom is 0.251 e. The fourth-order valence-corrected chi connectivity index (χ4v) is 2.41. The van der Waals surface area contributed by atoms with Gasteiger partial charge in [-0.25, -0.2) is 0 Å². The van der Waals surface area contributed by atoms with Gasteiger partial charge in [-0.05, 0) is 43.9 Å². The van der Waals surface area contributed by atoms with Gasteiger partial charge in [0, 0.05) is 23.7 Å². The molecule has 0 bridgehead atoms. The number of benzene rings is 1. The number of carbonyl (C=O) groups is 2. The third-order valence-electron chi connectivity index (χ3n) is 4.46. The number of amides is 2. The monoisotopic (exact) mass is 303 g/mol. The van der Waals surface area contributed by atoms with Crippen LogP contribution in [-0.4, -0.2) is 23.9 Å². The molecule has 0 aliphatic heterocycles. The number of rotatable bonds is 7. The molecule has 0 atom stereocenters. The van der Waals surface area contributed by atoms with Crippen LogP contribution in [-0.2, 0) is 4.79 Å². The Balaban J connectivity index is 2.07. The predicted molar refractivity (Wildman–Crippen MR) is 87.6 cm³/mol. The van der Waals surface area contributed by atoms with E-state index in [1.165, 1.54) is 0 Å². The first-order valence-corrected chi connectivity index (χ1v) is 7.97. The van der Waals surface area contributed by atoms with Crippen LogP contribution in [0.1, 0.15) is 49.9 Å². The number of carbonyl (C=O) groups excluding carboxylic acids is 2.